The normalized spacial score (nSPS) is 23.9. The molecule has 3 heteroatoms. The number of hydrogen-bond acceptors (Lipinski definition) is 3. The van der Waals surface area contributed by atoms with Crippen LogP contribution in [0.4, 0.5) is 0 Å². The number of fused-ring (bicyclic) bond motifs is 1. The molecule has 1 aliphatic rings. The molecule has 1 saturated heterocycles. The summed E-state index contributed by atoms with van der Waals surface area (Å²) in [6, 6.07) is 12.4. The maximum Gasteiger partial charge on any atom is 0.119 e. The molecule has 2 N–H and O–H groups in total. The summed E-state index contributed by atoms with van der Waals surface area (Å²) < 4.78 is 11.1. The zero-order valence-electron chi connectivity index (χ0n) is 12.1. The minimum Gasteiger partial charge on any atom is -0.497 e. The van der Waals surface area contributed by atoms with E-state index in [0.29, 0.717) is 0 Å². The van der Waals surface area contributed by atoms with Gasteiger partial charge >= 0.3 is 0 Å². The largest absolute Gasteiger partial charge is 0.497 e. The van der Waals surface area contributed by atoms with Crippen LogP contribution < -0.4 is 10.5 Å². The summed E-state index contributed by atoms with van der Waals surface area (Å²) in [5.74, 6) is 0.876. The molecule has 1 aliphatic heterocycles. The van der Waals surface area contributed by atoms with Crippen LogP contribution in [0.5, 0.6) is 5.75 Å². The number of ether oxygens (including phenoxy) is 2. The van der Waals surface area contributed by atoms with Gasteiger partial charge in [-0.1, -0.05) is 18.2 Å². The van der Waals surface area contributed by atoms with Gasteiger partial charge in [0.1, 0.15) is 5.75 Å². The first-order chi connectivity index (χ1) is 9.62. The molecule has 3 nitrogen and oxygen atoms in total. The van der Waals surface area contributed by atoms with Crippen LogP contribution in [0.25, 0.3) is 10.8 Å². The standard InChI is InChI=1S/C17H21NO2/c1-17(8-3-9-20-17)16(18)14-5-4-13-11-15(19-2)7-6-12(13)10-14/h4-7,10-11,16H,3,8-9,18H2,1-2H3. The van der Waals surface area contributed by atoms with E-state index in [1.165, 1.54) is 5.39 Å². The molecule has 0 aromatic heterocycles. The second kappa shape index (κ2) is 5.08. The van der Waals surface area contributed by atoms with Gasteiger partial charge in [0, 0.05) is 6.61 Å². The van der Waals surface area contributed by atoms with Crippen LogP contribution in [0.3, 0.4) is 0 Å². The Morgan fingerprint density at radius 3 is 2.65 bits per heavy atom. The summed E-state index contributed by atoms with van der Waals surface area (Å²) in [4.78, 5) is 0. The molecular formula is C17H21NO2. The lowest BCUT2D eigenvalue weighted by Gasteiger charge is -2.30. The van der Waals surface area contributed by atoms with Gasteiger partial charge < -0.3 is 15.2 Å². The van der Waals surface area contributed by atoms with Gasteiger partial charge in [-0.3, -0.25) is 0 Å². The van der Waals surface area contributed by atoms with Gasteiger partial charge in [0.15, 0.2) is 0 Å². The van der Waals surface area contributed by atoms with Crippen molar-refractivity contribution in [1.82, 2.24) is 0 Å². The highest BCUT2D eigenvalue weighted by Gasteiger charge is 2.37. The fourth-order valence-corrected chi connectivity index (χ4v) is 2.96. The monoisotopic (exact) mass is 271 g/mol. The average Bonchev–Trinajstić information content (AvgIpc) is 2.93. The van der Waals surface area contributed by atoms with Gasteiger partial charge in [-0.25, -0.2) is 0 Å². The molecule has 2 aromatic rings. The van der Waals surface area contributed by atoms with E-state index in [1.54, 1.807) is 7.11 Å². The molecule has 2 aromatic carbocycles. The fourth-order valence-electron chi connectivity index (χ4n) is 2.96. The van der Waals surface area contributed by atoms with E-state index in [9.17, 15) is 0 Å². The van der Waals surface area contributed by atoms with Crippen LogP contribution in [0.2, 0.25) is 0 Å². The Balaban J connectivity index is 1.96. The highest BCUT2D eigenvalue weighted by molar-refractivity contribution is 5.84. The van der Waals surface area contributed by atoms with Gasteiger partial charge in [-0.2, -0.15) is 0 Å². The summed E-state index contributed by atoms with van der Waals surface area (Å²) in [7, 11) is 1.68. The van der Waals surface area contributed by atoms with E-state index >= 15 is 0 Å². The van der Waals surface area contributed by atoms with Crippen molar-refractivity contribution in [3.8, 4) is 5.75 Å². The highest BCUT2D eigenvalue weighted by Crippen LogP contribution is 2.36. The van der Waals surface area contributed by atoms with Gasteiger partial charge in [0.25, 0.3) is 0 Å². The fraction of sp³-hybridized carbons (Fsp3) is 0.412. The molecule has 0 bridgehead atoms. The molecule has 0 amide bonds. The van der Waals surface area contributed by atoms with Crippen molar-refractivity contribution < 1.29 is 9.47 Å². The second-order valence-corrected chi connectivity index (χ2v) is 5.71. The number of methoxy groups -OCH3 is 1. The molecular weight excluding hydrogens is 250 g/mol. The van der Waals surface area contributed by atoms with E-state index in [0.717, 1.165) is 36.1 Å². The smallest absolute Gasteiger partial charge is 0.119 e. The third-order valence-electron chi connectivity index (χ3n) is 4.34. The average molecular weight is 271 g/mol. The van der Waals surface area contributed by atoms with Crippen molar-refractivity contribution in [2.75, 3.05) is 13.7 Å². The van der Waals surface area contributed by atoms with Gasteiger partial charge in [0.2, 0.25) is 0 Å². The first-order valence-electron chi connectivity index (χ1n) is 7.10. The van der Waals surface area contributed by atoms with E-state index in [4.69, 9.17) is 15.2 Å². The molecule has 1 fully saturated rings. The summed E-state index contributed by atoms with van der Waals surface area (Å²) in [5.41, 5.74) is 7.33. The molecule has 2 unspecified atom stereocenters. The van der Waals surface area contributed by atoms with Crippen molar-refractivity contribution in [2.45, 2.75) is 31.4 Å². The summed E-state index contributed by atoms with van der Waals surface area (Å²) in [6.07, 6.45) is 2.11. The van der Waals surface area contributed by atoms with Crippen molar-refractivity contribution in [3.63, 3.8) is 0 Å². The Bertz CT molecular complexity index is 617. The quantitative estimate of drug-likeness (QED) is 0.930. The highest BCUT2D eigenvalue weighted by atomic mass is 16.5. The van der Waals surface area contributed by atoms with Gasteiger partial charge in [0.05, 0.1) is 18.8 Å². The minimum atomic E-state index is -0.236. The van der Waals surface area contributed by atoms with Crippen LogP contribution >= 0.6 is 0 Å². The lowest BCUT2D eigenvalue weighted by Crippen LogP contribution is -2.37. The lowest BCUT2D eigenvalue weighted by atomic mass is 9.87. The van der Waals surface area contributed by atoms with E-state index in [1.807, 2.05) is 12.1 Å². The Morgan fingerprint density at radius 2 is 1.95 bits per heavy atom. The van der Waals surface area contributed by atoms with E-state index < -0.39 is 0 Å². The number of hydrogen-bond donors (Lipinski definition) is 1. The third-order valence-corrected chi connectivity index (χ3v) is 4.34. The Morgan fingerprint density at radius 1 is 1.20 bits per heavy atom. The number of nitrogens with two attached hydrogens (primary N) is 1. The molecule has 0 aliphatic carbocycles. The first-order valence-corrected chi connectivity index (χ1v) is 7.10. The van der Waals surface area contributed by atoms with E-state index in [-0.39, 0.29) is 11.6 Å². The summed E-state index contributed by atoms with van der Waals surface area (Å²) in [5, 5.41) is 2.35. The third kappa shape index (κ3) is 2.28. The Kier molecular flexibility index (Phi) is 3.40. The zero-order valence-corrected chi connectivity index (χ0v) is 12.1. The maximum atomic E-state index is 6.43. The Hall–Kier alpha value is -1.58. The maximum absolute atomic E-state index is 6.43. The summed E-state index contributed by atoms with van der Waals surface area (Å²) >= 11 is 0. The van der Waals surface area contributed by atoms with Crippen molar-refractivity contribution in [1.29, 1.82) is 0 Å². The topological polar surface area (TPSA) is 44.5 Å². The SMILES string of the molecule is COc1ccc2cc(C(N)C3(C)CCCO3)ccc2c1. The minimum absolute atomic E-state index is 0.0866. The molecule has 0 spiro atoms. The van der Waals surface area contributed by atoms with Crippen LogP contribution in [0.15, 0.2) is 36.4 Å². The van der Waals surface area contributed by atoms with Crippen molar-refractivity contribution >= 4 is 10.8 Å². The molecule has 1 heterocycles. The molecule has 20 heavy (non-hydrogen) atoms. The molecule has 2 atom stereocenters. The molecule has 0 radical (unpaired) electrons. The predicted molar refractivity (Wildman–Crippen MR) is 81.0 cm³/mol. The second-order valence-electron chi connectivity index (χ2n) is 5.71. The van der Waals surface area contributed by atoms with Gasteiger partial charge in [-0.05, 0) is 54.3 Å². The van der Waals surface area contributed by atoms with Crippen molar-refractivity contribution in [2.24, 2.45) is 5.73 Å². The molecule has 106 valence electrons. The van der Waals surface area contributed by atoms with Crippen molar-refractivity contribution in [3.05, 3.63) is 42.0 Å². The van der Waals surface area contributed by atoms with Crippen LogP contribution in [-0.4, -0.2) is 19.3 Å². The van der Waals surface area contributed by atoms with Crippen LogP contribution in [0, 0.1) is 0 Å². The van der Waals surface area contributed by atoms with Crippen LogP contribution in [0.1, 0.15) is 31.4 Å². The lowest BCUT2D eigenvalue weighted by molar-refractivity contribution is -0.00170. The number of rotatable bonds is 3. The van der Waals surface area contributed by atoms with E-state index in [2.05, 4.69) is 31.2 Å². The zero-order chi connectivity index (χ0) is 14.2. The Labute approximate surface area is 119 Å². The molecule has 3 rings (SSSR count). The summed E-state index contributed by atoms with van der Waals surface area (Å²) in [6.45, 7) is 2.93. The van der Waals surface area contributed by atoms with Gasteiger partial charge in [-0.15, -0.1) is 0 Å². The predicted octanol–water partition coefficient (Wildman–Crippen LogP) is 3.42. The first kappa shape index (κ1) is 13.4. The molecule has 0 saturated carbocycles. The van der Waals surface area contributed by atoms with Crippen LogP contribution in [-0.2, 0) is 4.74 Å². The number of benzene rings is 2.